The molecule has 0 aliphatic rings. The molecule has 0 amide bonds. The first-order valence-electron chi connectivity index (χ1n) is 6.43. The largest absolute Gasteiger partial charge is 0.307 e. The highest BCUT2D eigenvalue weighted by Crippen LogP contribution is 2.09. The van der Waals surface area contributed by atoms with E-state index in [0.717, 1.165) is 25.2 Å². The standard InChI is InChI=1S/C14H20N4/c1-3-12(2)18-9-6-14(17-18)11-16-10-13-4-7-15-8-5-13/h4-9,12,16H,3,10-11H2,1-2H3. The highest BCUT2D eigenvalue weighted by Gasteiger charge is 2.04. The second-order valence-electron chi connectivity index (χ2n) is 4.50. The summed E-state index contributed by atoms with van der Waals surface area (Å²) < 4.78 is 2.03. The molecule has 0 spiro atoms. The third-order valence-corrected chi connectivity index (χ3v) is 3.09. The third-order valence-electron chi connectivity index (χ3n) is 3.09. The molecule has 0 aliphatic heterocycles. The maximum Gasteiger partial charge on any atom is 0.0762 e. The van der Waals surface area contributed by atoms with Gasteiger partial charge in [-0.25, -0.2) is 0 Å². The highest BCUT2D eigenvalue weighted by atomic mass is 15.3. The predicted molar refractivity (Wildman–Crippen MR) is 72.0 cm³/mol. The molecule has 96 valence electrons. The van der Waals surface area contributed by atoms with E-state index in [2.05, 4.69) is 41.5 Å². The number of aromatic nitrogens is 3. The van der Waals surface area contributed by atoms with Crippen molar-refractivity contribution in [2.45, 2.75) is 39.4 Å². The summed E-state index contributed by atoms with van der Waals surface area (Å²) in [6.45, 7) is 6.00. The lowest BCUT2D eigenvalue weighted by Crippen LogP contribution is -2.14. The van der Waals surface area contributed by atoms with Gasteiger partial charge >= 0.3 is 0 Å². The first-order valence-corrected chi connectivity index (χ1v) is 6.43. The summed E-state index contributed by atoms with van der Waals surface area (Å²) in [7, 11) is 0. The lowest BCUT2D eigenvalue weighted by Gasteiger charge is -2.08. The van der Waals surface area contributed by atoms with Gasteiger partial charge in [0.2, 0.25) is 0 Å². The van der Waals surface area contributed by atoms with Crippen molar-refractivity contribution in [2.24, 2.45) is 0 Å². The molecule has 0 fully saturated rings. The van der Waals surface area contributed by atoms with Crippen LogP contribution in [0.25, 0.3) is 0 Å². The number of hydrogen-bond donors (Lipinski definition) is 1. The van der Waals surface area contributed by atoms with Crippen LogP contribution in [0.1, 0.15) is 37.6 Å². The van der Waals surface area contributed by atoms with Gasteiger partial charge in [-0.1, -0.05) is 6.92 Å². The Morgan fingerprint density at radius 2 is 2.00 bits per heavy atom. The van der Waals surface area contributed by atoms with Crippen LogP contribution in [0.4, 0.5) is 0 Å². The van der Waals surface area contributed by atoms with Gasteiger partial charge in [-0.2, -0.15) is 5.10 Å². The third kappa shape index (κ3) is 3.40. The average Bonchev–Trinajstić information content (AvgIpc) is 2.88. The zero-order valence-electron chi connectivity index (χ0n) is 11.0. The van der Waals surface area contributed by atoms with Gasteiger partial charge < -0.3 is 5.32 Å². The minimum atomic E-state index is 0.471. The number of pyridine rings is 1. The van der Waals surface area contributed by atoms with Crippen molar-refractivity contribution in [3.63, 3.8) is 0 Å². The first-order chi connectivity index (χ1) is 8.79. The van der Waals surface area contributed by atoms with E-state index in [9.17, 15) is 0 Å². The molecule has 18 heavy (non-hydrogen) atoms. The van der Waals surface area contributed by atoms with Crippen LogP contribution in [-0.4, -0.2) is 14.8 Å². The fraction of sp³-hybridized carbons (Fsp3) is 0.429. The summed E-state index contributed by atoms with van der Waals surface area (Å²) in [4.78, 5) is 4.00. The molecular weight excluding hydrogens is 224 g/mol. The van der Waals surface area contributed by atoms with E-state index in [1.54, 1.807) is 0 Å². The number of nitrogens with one attached hydrogen (secondary N) is 1. The van der Waals surface area contributed by atoms with Crippen molar-refractivity contribution in [3.8, 4) is 0 Å². The SMILES string of the molecule is CCC(C)n1ccc(CNCc2ccncc2)n1. The van der Waals surface area contributed by atoms with Crippen LogP contribution >= 0.6 is 0 Å². The van der Waals surface area contributed by atoms with Crippen molar-refractivity contribution in [2.75, 3.05) is 0 Å². The van der Waals surface area contributed by atoms with E-state index < -0.39 is 0 Å². The Kier molecular flexibility index (Phi) is 4.47. The molecule has 4 nitrogen and oxygen atoms in total. The van der Waals surface area contributed by atoms with Crippen LogP contribution < -0.4 is 5.32 Å². The fourth-order valence-corrected chi connectivity index (χ4v) is 1.74. The molecule has 1 unspecified atom stereocenters. The zero-order chi connectivity index (χ0) is 12.8. The van der Waals surface area contributed by atoms with Gasteiger partial charge in [-0.15, -0.1) is 0 Å². The van der Waals surface area contributed by atoms with Gasteiger partial charge in [0, 0.05) is 37.7 Å². The Morgan fingerprint density at radius 3 is 2.72 bits per heavy atom. The second kappa shape index (κ2) is 6.31. The molecule has 2 aromatic heterocycles. The minimum Gasteiger partial charge on any atom is -0.307 e. The van der Waals surface area contributed by atoms with Gasteiger partial charge in [-0.05, 0) is 37.1 Å². The van der Waals surface area contributed by atoms with Crippen molar-refractivity contribution in [3.05, 3.63) is 48.0 Å². The van der Waals surface area contributed by atoms with Crippen LogP contribution in [0.15, 0.2) is 36.8 Å². The molecule has 0 aliphatic carbocycles. The molecule has 2 rings (SSSR count). The molecule has 0 radical (unpaired) electrons. The lowest BCUT2D eigenvalue weighted by molar-refractivity contribution is 0.471. The molecule has 0 saturated heterocycles. The Labute approximate surface area is 108 Å². The van der Waals surface area contributed by atoms with Gasteiger partial charge in [0.15, 0.2) is 0 Å². The van der Waals surface area contributed by atoms with Crippen molar-refractivity contribution in [1.29, 1.82) is 0 Å². The molecule has 0 bridgehead atoms. The molecule has 4 heteroatoms. The van der Waals surface area contributed by atoms with E-state index in [0.29, 0.717) is 6.04 Å². The van der Waals surface area contributed by atoms with Crippen LogP contribution in [0.5, 0.6) is 0 Å². The summed E-state index contributed by atoms with van der Waals surface area (Å²) in [5.41, 5.74) is 2.33. The van der Waals surface area contributed by atoms with E-state index in [1.165, 1.54) is 5.56 Å². The van der Waals surface area contributed by atoms with E-state index in [1.807, 2.05) is 29.2 Å². The number of hydrogen-bond acceptors (Lipinski definition) is 3. The van der Waals surface area contributed by atoms with Gasteiger partial charge in [0.1, 0.15) is 0 Å². The molecule has 2 aromatic rings. The maximum absolute atomic E-state index is 4.55. The molecule has 1 N–H and O–H groups in total. The number of rotatable bonds is 6. The summed E-state index contributed by atoms with van der Waals surface area (Å²) in [5, 5.41) is 7.94. The summed E-state index contributed by atoms with van der Waals surface area (Å²) >= 11 is 0. The zero-order valence-corrected chi connectivity index (χ0v) is 11.0. The summed E-state index contributed by atoms with van der Waals surface area (Å²) in [6.07, 6.45) is 6.78. The first kappa shape index (κ1) is 12.8. The Balaban J connectivity index is 1.82. The maximum atomic E-state index is 4.55. The fourth-order valence-electron chi connectivity index (χ4n) is 1.74. The summed E-state index contributed by atoms with van der Waals surface area (Å²) in [5.74, 6) is 0. The second-order valence-corrected chi connectivity index (χ2v) is 4.50. The minimum absolute atomic E-state index is 0.471. The van der Waals surface area contributed by atoms with Gasteiger partial charge in [0.05, 0.1) is 5.69 Å². The molecule has 0 aromatic carbocycles. The van der Waals surface area contributed by atoms with Crippen molar-refractivity contribution in [1.82, 2.24) is 20.1 Å². The predicted octanol–water partition coefficient (Wildman–Crippen LogP) is 2.54. The lowest BCUT2D eigenvalue weighted by atomic mass is 10.2. The normalized spacial score (nSPS) is 12.6. The van der Waals surface area contributed by atoms with Gasteiger partial charge in [-0.3, -0.25) is 9.67 Å². The molecular formula is C14H20N4. The Hall–Kier alpha value is -1.68. The molecule has 2 heterocycles. The van der Waals surface area contributed by atoms with E-state index >= 15 is 0 Å². The quantitative estimate of drug-likeness (QED) is 0.849. The highest BCUT2D eigenvalue weighted by molar-refractivity contribution is 5.09. The molecule has 0 saturated carbocycles. The van der Waals surface area contributed by atoms with Crippen LogP contribution in [0.2, 0.25) is 0 Å². The Morgan fingerprint density at radius 1 is 1.22 bits per heavy atom. The van der Waals surface area contributed by atoms with E-state index in [4.69, 9.17) is 0 Å². The van der Waals surface area contributed by atoms with E-state index in [-0.39, 0.29) is 0 Å². The summed E-state index contributed by atoms with van der Waals surface area (Å²) in [6, 6.07) is 6.58. The van der Waals surface area contributed by atoms with Crippen LogP contribution in [0.3, 0.4) is 0 Å². The van der Waals surface area contributed by atoms with Crippen molar-refractivity contribution < 1.29 is 0 Å². The number of nitrogens with zero attached hydrogens (tertiary/aromatic N) is 3. The molecule has 1 atom stereocenters. The van der Waals surface area contributed by atoms with Crippen molar-refractivity contribution >= 4 is 0 Å². The Bertz CT molecular complexity index is 464. The smallest absolute Gasteiger partial charge is 0.0762 e. The van der Waals surface area contributed by atoms with Crippen LogP contribution in [0, 0.1) is 0 Å². The van der Waals surface area contributed by atoms with Crippen LogP contribution in [-0.2, 0) is 13.1 Å². The monoisotopic (exact) mass is 244 g/mol. The van der Waals surface area contributed by atoms with Gasteiger partial charge in [0.25, 0.3) is 0 Å². The average molecular weight is 244 g/mol. The topological polar surface area (TPSA) is 42.7 Å².